The van der Waals surface area contributed by atoms with Crippen LogP contribution < -0.4 is 0 Å². The van der Waals surface area contributed by atoms with Gasteiger partial charge in [0.25, 0.3) is 0 Å². The SMILES string of the molecule is CC1(c2nnc(C(=O)N3CCc4[nH]cnc4[C@@H]3c3cc4cccc(C(F)(F)F)n4n3)o2)CC1. The van der Waals surface area contributed by atoms with Gasteiger partial charge in [0, 0.05) is 24.1 Å². The summed E-state index contributed by atoms with van der Waals surface area (Å²) < 4.78 is 47.1. The number of hydrogen-bond acceptors (Lipinski definition) is 6. The predicted molar refractivity (Wildman–Crippen MR) is 106 cm³/mol. The molecule has 4 aromatic rings. The minimum atomic E-state index is -4.58. The lowest BCUT2D eigenvalue weighted by Gasteiger charge is -2.32. The Labute approximate surface area is 184 Å². The van der Waals surface area contributed by atoms with Gasteiger partial charge in [-0.1, -0.05) is 13.0 Å². The molecular formula is C21H18F3N7O2. The molecule has 1 saturated carbocycles. The van der Waals surface area contributed by atoms with E-state index in [4.69, 9.17) is 4.42 Å². The molecule has 1 amide bonds. The highest BCUT2D eigenvalue weighted by Crippen LogP contribution is 2.47. The van der Waals surface area contributed by atoms with Crippen molar-refractivity contribution in [2.75, 3.05) is 6.54 Å². The first-order valence-electron chi connectivity index (χ1n) is 10.5. The molecule has 1 aliphatic carbocycles. The standard InChI is InChI=1S/C21H18F3N7O2/c1-20(6-7-20)19-28-27-17(33-19)18(32)30-8-5-12-15(26-10-25-12)16(30)13-9-11-3-2-4-14(21(22,23)24)31(11)29-13/h2-4,9-10,16H,5-8H2,1H3,(H,25,26)/t16-/m0/s1. The monoisotopic (exact) mass is 457 g/mol. The summed E-state index contributed by atoms with van der Waals surface area (Å²) in [5.41, 5.74) is 0.756. The molecule has 0 unspecified atom stereocenters. The molecule has 4 aromatic heterocycles. The van der Waals surface area contributed by atoms with Gasteiger partial charge in [0.05, 0.1) is 23.2 Å². The number of imidazole rings is 1. The summed E-state index contributed by atoms with van der Waals surface area (Å²) in [5.74, 6) is -0.242. The maximum Gasteiger partial charge on any atom is 0.433 e. The summed E-state index contributed by atoms with van der Waals surface area (Å²) in [4.78, 5) is 22.3. The molecule has 0 bridgehead atoms. The van der Waals surface area contributed by atoms with E-state index < -0.39 is 23.8 Å². The van der Waals surface area contributed by atoms with Gasteiger partial charge in [0.1, 0.15) is 11.7 Å². The second-order valence-electron chi connectivity index (χ2n) is 8.71. The number of nitrogens with one attached hydrogen (secondary N) is 1. The first-order valence-corrected chi connectivity index (χ1v) is 10.5. The number of carbonyl (C=O) groups is 1. The number of fused-ring (bicyclic) bond motifs is 2. The molecule has 5 heterocycles. The van der Waals surface area contributed by atoms with Crippen molar-refractivity contribution in [1.82, 2.24) is 34.7 Å². The van der Waals surface area contributed by atoms with Crippen molar-refractivity contribution in [3.63, 3.8) is 0 Å². The van der Waals surface area contributed by atoms with Gasteiger partial charge >= 0.3 is 18.0 Å². The fourth-order valence-electron chi connectivity index (χ4n) is 4.26. The van der Waals surface area contributed by atoms with Crippen molar-refractivity contribution >= 4 is 11.4 Å². The van der Waals surface area contributed by atoms with Gasteiger partial charge in [-0.3, -0.25) is 4.79 Å². The van der Waals surface area contributed by atoms with Crippen molar-refractivity contribution in [3.8, 4) is 0 Å². The molecule has 0 aromatic carbocycles. The highest BCUT2D eigenvalue weighted by molar-refractivity contribution is 5.90. The maximum atomic E-state index is 13.5. The number of pyridine rings is 1. The highest BCUT2D eigenvalue weighted by Gasteiger charge is 2.45. The Morgan fingerprint density at radius 1 is 1.27 bits per heavy atom. The van der Waals surface area contributed by atoms with E-state index in [1.165, 1.54) is 29.4 Å². The van der Waals surface area contributed by atoms with Crippen LogP contribution in [0, 0.1) is 0 Å². The van der Waals surface area contributed by atoms with Crippen LogP contribution in [0.15, 0.2) is 35.0 Å². The summed E-state index contributed by atoms with van der Waals surface area (Å²) in [6.45, 7) is 2.27. The van der Waals surface area contributed by atoms with E-state index in [9.17, 15) is 18.0 Å². The highest BCUT2D eigenvalue weighted by atomic mass is 19.4. The molecule has 0 saturated heterocycles. The maximum absolute atomic E-state index is 13.5. The zero-order valence-corrected chi connectivity index (χ0v) is 17.4. The summed E-state index contributed by atoms with van der Waals surface area (Å²) >= 11 is 0. The number of hydrogen-bond donors (Lipinski definition) is 1. The second-order valence-corrected chi connectivity index (χ2v) is 8.71. The number of nitrogens with zero attached hydrogens (tertiary/aromatic N) is 6. The summed E-state index contributed by atoms with van der Waals surface area (Å²) in [6, 6.07) is 4.55. The van der Waals surface area contributed by atoms with Crippen LogP contribution in [0.5, 0.6) is 0 Å². The van der Waals surface area contributed by atoms with Crippen LogP contribution in [0.2, 0.25) is 0 Å². The van der Waals surface area contributed by atoms with Gasteiger partial charge in [-0.15, -0.1) is 10.2 Å². The summed E-state index contributed by atoms with van der Waals surface area (Å²) in [5, 5.41) is 12.2. The van der Waals surface area contributed by atoms with Gasteiger partial charge in [-0.25, -0.2) is 9.50 Å². The summed E-state index contributed by atoms with van der Waals surface area (Å²) in [7, 11) is 0. The van der Waals surface area contributed by atoms with Crippen molar-refractivity contribution in [1.29, 1.82) is 0 Å². The normalized spacial score (nSPS) is 19.6. The molecule has 0 radical (unpaired) electrons. The lowest BCUT2D eigenvalue weighted by Crippen LogP contribution is -2.41. The van der Waals surface area contributed by atoms with E-state index in [1.54, 1.807) is 0 Å². The van der Waals surface area contributed by atoms with Crippen LogP contribution in [-0.2, 0) is 18.0 Å². The largest absolute Gasteiger partial charge is 0.433 e. The molecule has 33 heavy (non-hydrogen) atoms. The number of halogens is 3. The molecule has 0 spiro atoms. The first kappa shape index (κ1) is 19.9. The Balaban J connectivity index is 1.44. The number of alkyl halides is 3. The number of H-pyrrole nitrogens is 1. The van der Waals surface area contributed by atoms with Gasteiger partial charge < -0.3 is 14.3 Å². The minimum Gasteiger partial charge on any atom is -0.416 e. The van der Waals surface area contributed by atoms with Crippen molar-refractivity contribution in [2.45, 2.75) is 43.8 Å². The van der Waals surface area contributed by atoms with Crippen LogP contribution in [0.3, 0.4) is 0 Å². The van der Waals surface area contributed by atoms with Gasteiger partial charge in [-0.05, 0) is 31.0 Å². The molecular weight excluding hydrogens is 439 g/mol. The van der Waals surface area contributed by atoms with E-state index in [2.05, 4.69) is 25.3 Å². The zero-order chi connectivity index (χ0) is 23.0. The van der Waals surface area contributed by atoms with E-state index in [-0.39, 0.29) is 29.1 Å². The minimum absolute atomic E-state index is 0.151. The van der Waals surface area contributed by atoms with Crippen molar-refractivity contribution in [2.24, 2.45) is 0 Å². The topological polar surface area (TPSA) is 105 Å². The van der Waals surface area contributed by atoms with E-state index >= 15 is 0 Å². The van der Waals surface area contributed by atoms with Crippen molar-refractivity contribution < 1.29 is 22.4 Å². The average Bonchev–Trinajstić information content (AvgIpc) is 3.23. The number of aromatic amines is 1. The first-order chi connectivity index (χ1) is 15.7. The Morgan fingerprint density at radius 3 is 2.85 bits per heavy atom. The smallest absolute Gasteiger partial charge is 0.416 e. The van der Waals surface area contributed by atoms with Crippen LogP contribution in [0.4, 0.5) is 13.2 Å². The molecule has 1 atom stereocenters. The van der Waals surface area contributed by atoms with Crippen LogP contribution in [0.25, 0.3) is 5.52 Å². The molecule has 170 valence electrons. The van der Waals surface area contributed by atoms with E-state index in [0.29, 0.717) is 18.0 Å². The Morgan fingerprint density at radius 2 is 2.09 bits per heavy atom. The van der Waals surface area contributed by atoms with Crippen molar-refractivity contribution in [3.05, 3.63) is 65.1 Å². The van der Waals surface area contributed by atoms with Crippen LogP contribution in [-0.4, -0.2) is 47.1 Å². The molecule has 9 nitrogen and oxygen atoms in total. The second kappa shape index (κ2) is 6.65. The van der Waals surface area contributed by atoms with Gasteiger partial charge in [0.2, 0.25) is 5.89 Å². The molecule has 1 N–H and O–H groups in total. The summed E-state index contributed by atoms with van der Waals surface area (Å²) in [6.07, 6.45) is -0.761. The Kier molecular flexibility index (Phi) is 4.02. The Hall–Kier alpha value is -3.70. The van der Waals surface area contributed by atoms with E-state index in [0.717, 1.165) is 29.1 Å². The molecule has 1 fully saturated rings. The zero-order valence-electron chi connectivity index (χ0n) is 17.4. The van der Waals surface area contributed by atoms with Crippen LogP contribution in [0.1, 0.15) is 65.2 Å². The Bertz CT molecular complexity index is 1380. The quantitative estimate of drug-likeness (QED) is 0.506. The third kappa shape index (κ3) is 3.11. The number of rotatable bonds is 3. The van der Waals surface area contributed by atoms with Gasteiger partial charge in [0.15, 0.2) is 0 Å². The van der Waals surface area contributed by atoms with Gasteiger partial charge in [-0.2, -0.15) is 18.3 Å². The number of aromatic nitrogens is 6. The molecule has 1 aliphatic heterocycles. The lowest BCUT2D eigenvalue weighted by molar-refractivity contribution is -0.142. The fourth-order valence-corrected chi connectivity index (χ4v) is 4.26. The average molecular weight is 457 g/mol. The third-order valence-corrected chi connectivity index (χ3v) is 6.39. The van der Waals surface area contributed by atoms with Crippen LogP contribution >= 0.6 is 0 Å². The fraction of sp³-hybridized carbons (Fsp3) is 0.381. The number of carbonyl (C=O) groups excluding carboxylic acids is 1. The lowest BCUT2D eigenvalue weighted by atomic mass is 9.99. The molecule has 2 aliphatic rings. The number of amides is 1. The molecule has 6 rings (SSSR count). The third-order valence-electron chi connectivity index (χ3n) is 6.39. The molecule has 12 heteroatoms. The predicted octanol–water partition coefficient (Wildman–Crippen LogP) is 3.30. The van der Waals surface area contributed by atoms with E-state index in [1.807, 2.05) is 6.92 Å².